The van der Waals surface area contributed by atoms with Gasteiger partial charge in [-0.15, -0.1) is 0 Å². The molecule has 12 heavy (non-hydrogen) atoms. The average Bonchev–Trinajstić information content (AvgIpc) is 2.30. The molecule has 0 N–H and O–H groups in total. The normalized spacial score (nSPS) is 10.2. The maximum Gasteiger partial charge on any atom is 0.257 e. The van der Waals surface area contributed by atoms with E-state index in [-0.39, 0.29) is 5.69 Å². The van der Waals surface area contributed by atoms with Crippen LogP contribution in [-0.4, -0.2) is 16.2 Å². The molecule has 3 nitrogen and oxygen atoms in total. The largest absolute Gasteiger partial charge is 0.257 e. The van der Waals surface area contributed by atoms with Gasteiger partial charge < -0.3 is 0 Å². The maximum absolute atomic E-state index is 11.9. The number of nitriles is 1. The molecule has 0 aliphatic heterocycles. The van der Waals surface area contributed by atoms with Crippen LogP contribution in [0.1, 0.15) is 11.3 Å². The fourth-order valence-corrected chi connectivity index (χ4v) is 0.894. The van der Waals surface area contributed by atoms with E-state index in [9.17, 15) is 8.78 Å². The predicted octanol–water partition coefficient (Wildman–Crippen LogP) is 1.33. The minimum absolute atomic E-state index is 0.204. The highest BCUT2D eigenvalue weighted by Gasteiger charge is 2.10. The van der Waals surface area contributed by atoms with Gasteiger partial charge >= 0.3 is 0 Å². The number of aryl methyl sites for hydroxylation is 1. The minimum atomic E-state index is -2.48. The van der Waals surface area contributed by atoms with Gasteiger partial charge in [0.15, 0.2) is 0 Å². The lowest BCUT2D eigenvalue weighted by atomic mass is 10.3. The van der Waals surface area contributed by atoms with E-state index in [4.69, 9.17) is 5.26 Å². The van der Waals surface area contributed by atoms with Crippen LogP contribution in [0.15, 0.2) is 6.20 Å². The third kappa shape index (κ3) is 1.59. The van der Waals surface area contributed by atoms with Crippen LogP contribution in [0, 0.1) is 18.3 Å². The highest BCUT2D eigenvalue weighted by atomic mass is 19.3. The fraction of sp³-hybridized carbons (Fsp3) is 0.429. The van der Waals surface area contributed by atoms with Crippen molar-refractivity contribution in [2.45, 2.75) is 19.9 Å². The SMILES string of the molecule is Cc1cnn(CC(F)F)c1C#N. The standard InChI is InChI=1S/C7H7F2N3/c1-5-3-11-12(4-7(8)9)6(5)2-10/h3,7H,4H2,1H3. The summed E-state index contributed by atoms with van der Waals surface area (Å²) in [6.07, 6.45) is -1.07. The molecule has 0 amide bonds. The van der Waals surface area contributed by atoms with E-state index in [1.165, 1.54) is 6.20 Å². The number of halogens is 2. The molecule has 1 aromatic rings. The summed E-state index contributed by atoms with van der Waals surface area (Å²) < 4.78 is 24.8. The molecule has 1 aromatic heterocycles. The van der Waals surface area contributed by atoms with E-state index >= 15 is 0 Å². The Morgan fingerprint density at radius 2 is 2.42 bits per heavy atom. The third-order valence-electron chi connectivity index (χ3n) is 1.44. The molecule has 0 fully saturated rings. The Bertz CT molecular complexity index is 311. The lowest BCUT2D eigenvalue weighted by molar-refractivity contribution is 0.121. The quantitative estimate of drug-likeness (QED) is 0.673. The van der Waals surface area contributed by atoms with Crippen LogP contribution in [0.3, 0.4) is 0 Å². The van der Waals surface area contributed by atoms with E-state index < -0.39 is 13.0 Å². The molecule has 0 aromatic carbocycles. The van der Waals surface area contributed by atoms with Crippen LogP contribution in [0.5, 0.6) is 0 Å². The van der Waals surface area contributed by atoms with Gasteiger partial charge in [-0.25, -0.2) is 13.5 Å². The first-order chi connectivity index (χ1) is 5.65. The van der Waals surface area contributed by atoms with Gasteiger partial charge in [0.2, 0.25) is 0 Å². The molecular formula is C7H7F2N3. The molecule has 0 aliphatic rings. The van der Waals surface area contributed by atoms with Crippen molar-refractivity contribution in [2.24, 2.45) is 0 Å². The van der Waals surface area contributed by atoms with Crippen LogP contribution in [0.25, 0.3) is 0 Å². The van der Waals surface area contributed by atoms with Crippen LogP contribution in [0.4, 0.5) is 8.78 Å². The molecule has 0 saturated carbocycles. The summed E-state index contributed by atoms with van der Waals surface area (Å²) in [5.74, 6) is 0. The van der Waals surface area contributed by atoms with Gasteiger partial charge in [0, 0.05) is 5.56 Å². The summed E-state index contributed by atoms with van der Waals surface area (Å²) in [6.45, 7) is 1.14. The molecule has 0 spiro atoms. The summed E-state index contributed by atoms with van der Waals surface area (Å²) >= 11 is 0. The van der Waals surface area contributed by atoms with Crippen molar-refractivity contribution in [2.75, 3.05) is 0 Å². The molecule has 64 valence electrons. The van der Waals surface area contributed by atoms with Crippen LogP contribution < -0.4 is 0 Å². The van der Waals surface area contributed by atoms with Gasteiger partial charge in [-0.3, -0.25) is 0 Å². The van der Waals surface area contributed by atoms with Crippen LogP contribution in [0.2, 0.25) is 0 Å². The first kappa shape index (κ1) is 8.65. The summed E-state index contributed by atoms with van der Waals surface area (Å²) in [6, 6.07) is 1.82. The third-order valence-corrected chi connectivity index (χ3v) is 1.44. The second-order valence-corrected chi connectivity index (χ2v) is 2.36. The molecule has 0 bridgehead atoms. The lowest BCUT2D eigenvalue weighted by Gasteiger charge is -2.00. The lowest BCUT2D eigenvalue weighted by Crippen LogP contribution is -2.09. The number of aromatic nitrogens is 2. The highest BCUT2D eigenvalue weighted by Crippen LogP contribution is 2.07. The second kappa shape index (κ2) is 3.30. The molecule has 0 atom stereocenters. The summed E-state index contributed by atoms with van der Waals surface area (Å²) in [7, 11) is 0. The molecule has 1 heterocycles. The Morgan fingerprint density at radius 3 is 2.92 bits per heavy atom. The second-order valence-electron chi connectivity index (χ2n) is 2.36. The Hall–Kier alpha value is -1.44. The number of nitrogens with zero attached hydrogens (tertiary/aromatic N) is 3. The van der Waals surface area contributed by atoms with Crippen molar-refractivity contribution < 1.29 is 8.78 Å². The molecule has 0 saturated heterocycles. The van der Waals surface area contributed by atoms with Crippen molar-refractivity contribution in [1.29, 1.82) is 5.26 Å². The van der Waals surface area contributed by atoms with E-state index in [0.29, 0.717) is 5.56 Å². The monoisotopic (exact) mass is 171 g/mol. The van der Waals surface area contributed by atoms with Crippen molar-refractivity contribution in [1.82, 2.24) is 9.78 Å². The maximum atomic E-state index is 11.9. The van der Waals surface area contributed by atoms with Crippen molar-refractivity contribution in [3.63, 3.8) is 0 Å². The molecule has 0 unspecified atom stereocenters. The van der Waals surface area contributed by atoms with Gasteiger partial charge in [-0.2, -0.15) is 10.4 Å². The van der Waals surface area contributed by atoms with Gasteiger partial charge in [0.1, 0.15) is 18.3 Å². The summed E-state index contributed by atoms with van der Waals surface area (Å²) in [4.78, 5) is 0. The minimum Gasteiger partial charge on any atom is -0.249 e. The van der Waals surface area contributed by atoms with Crippen molar-refractivity contribution >= 4 is 0 Å². The number of rotatable bonds is 2. The van der Waals surface area contributed by atoms with Crippen molar-refractivity contribution in [3.05, 3.63) is 17.5 Å². The topological polar surface area (TPSA) is 41.6 Å². The number of hydrogen-bond donors (Lipinski definition) is 0. The zero-order valence-corrected chi connectivity index (χ0v) is 6.46. The predicted molar refractivity (Wildman–Crippen MR) is 37.7 cm³/mol. The highest BCUT2D eigenvalue weighted by molar-refractivity contribution is 5.28. The zero-order chi connectivity index (χ0) is 9.14. The average molecular weight is 171 g/mol. The molecule has 1 rings (SSSR count). The van der Waals surface area contributed by atoms with Crippen LogP contribution in [-0.2, 0) is 6.54 Å². The Morgan fingerprint density at radius 1 is 1.75 bits per heavy atom. The number of alkyl halides is 2. The number of hydrogen-bond acceptors (Lipinski definition) is 2. The Balaban J connectivity index is 2.94. The summed E-state index contributed by atoms with van der Waals surface area (Å²) in [5, 5.41) is 12.2. The van der Waals surface area contributed by atoms with Gasteiger partial charge in [-0.05, 0) is 6.92 Å². The van der Waals surface area contributed by atoms with Gasteiger partial charge in [0.25, 0.3) is 6.43 Å². The fourth-order valence-electron chi connectivity index (χ4n) is 0.894. The van der Waals surface area contributed by atoms with Gasteiger partial charge in [0.05, 0.1) is 6.20 Å². The van der Waals surface area contributed by atoms with E-state index in [0.717, 1.165) is 4.68 Å². The first-order valence-electron chi connectivity index (χ1n) is 3.35. The molecule has 0 radical (unpaired) electrons. The van der Waals surface area contributed by atoms with Crippen molar-refractivity contribution in [3.8, 4) is 6.07 Å². The van der Waals surface area contributed by atoms with E-state index in [1.807, 2.05) is 6.07 Å². The molecule has 5 heteroatoms. The zero-order valence-electron chi connectivity index (χ0n) is 6.46. The summed E-state index contributed by atoms with van der Waals surface area (Å²) in [5.41, 5.74) is 0.827. The Labute approximate surface area is 68.2 Å². The van der Waals surface area contributed by atoms with E-state index in [2.05, 4.69) is 5.10 Å². The first-order valence-corrected chi connectivity index (χ1v) is 3.35. The molecular weight excluding hydrogens is 164 g/mol. The Kier molecular flexibility index (Phi) is 2.38. The van der Waals surface area contributed by atoms with E-state index in [1.54, 1.807) is 6.92 Å². The van der Waals surface area contributed by atoms with Crippen LogP contribution >= 0.6 is 0 Å². The molecule has 0 aliphatic carbocycles. The van der Waals surface area contributed by atoms with Gasteiger partial charge in [-0.1, -0.05) is 0 Å². The smallest absolute Gasteiger partial charge is 0.249 e.